The molecule has 2 aromatic rings. The number of likely N-dealkylation sites (tertiary alicyclic amines) is 1. The van der Waals surface area contributed by atoms with Gasteiger partial charge in [-0.05, 0) is 37.1 Å². The Bertz CT molecular complexity index is 972. The van der Waals surface area contributed by atoms with Gasteiger partial charge in [0.2, 0.25) is 5.91 Å². The zero-order valence-corrected chi connectivity index (χ0v) is 18.1. The van der Waals surface area contributed by atoms with Gasteiger partial charge in [-0.2, -0.15) is 0 Å². The van der Waals surface area contributed by atoms with Crippen LogP contribution in [0.1, 0.15) is 34.7 Å². The largest absolute Gasteiger partial charge is 0.497 e. The number of carbonyl (C=O) groups excluding carboxylic acids is 2. The fourth-order valence-electron chi connectivity index (χ4n) is 4.15. The number of amides is 2. The predicted octanol–water partition coefficient (Wildman–Crippen LogP) is 2.85. The van der Waals surface area contributed by atoms with Crippen LogP contribution in [0.15, 0.2) is 42.5 Å². The molecule has 0 aromatic heterocycles. The zero-order chi connectivity index (χ0) is 22.0. The molecule has 0 radical (unpaired) electrons. The number of carbonyl (C=O) groups is 2. The first-order valence-electron chi connectivity index (χ1n) is 10.5. The van der Waals surface area contributed by atoms with Gasteiger partial charge in [-0.3, -0.25) is 9.59 Å². The van der Waals surface area contributed by atoms with Crippen LogP contribution in [0.4, 0.5) is 0 Å². The van der Waals surface area contributed by atoms with E-state index >= 15 is 0 Å². The molecule has 1 N–H and O–H groups in total. The lowest BCUT2D eigenvalue weighted by Crippen LogP contribution is -2.36. The number of methoxy groups -OCH3 is 3. The van der Waals surface area contributed by atoms with Gasteiger partial charge in [0.1, 0.15) is 17.2 Å². The highest BCUT2D eigenvalue weighted by atomic mass is 16.5. The molecule has 2 aliphatic rings. The molecule has 31 heavy (non-hydrogen) atoms. The normalized spacial score (nSPS) is 20.3. The molecule has 1 saturated carbocycles. The van der Waals surface area contributed by atoms with Crippen molar-refractivity contribution in [2.45, 2.75) is 24.8 Å². The topological polar surface area (TPSA) is 77.1 Å². The second-order valence-electron chi connectivity index (χ2n) is 8.05. The van der Waals surface area contributed by atoms with Crippen LogP contribution < -0.4 is 19.5 Å². The van der Waals surface area contributed by atoms with Crippen molar-refractivity contribution in [3.8, 4) is 17.2 Å². The standard InChI is InChI=1S/C24H28N2O5/c1-29-17-6-4-5-15(11-17)24(28)26-13-20(21(14-26)23(27)25-16-7-8-16)19-10-9-18(30-2)12-22(19)31-3/h4-6,9-12,16,20-21H,7-8,13-14H2,1-3H3,(H,25,27)/t20-,21-/m1/s1. The molecular formula is C24H28N2O5. The fourth-order valence-corrected chi connectivity index (χ4v) is 4.15. The van der Waals surface area contributed by atoms with Crippen molar-refractivity contribution in [3.63, 3.8) is 0 Å². The van der Waals surface area contributed by atoms with Gasteiger partial charge in [0.05, 0.1) is 27.2 Å². The van der Waals surface area contributed by atoms with Gasteiger partial charge >= 0.3 is 0 Å². The molecule has 0 unspecified atom stereocenters. The first kappa shape index (κ1) is 21.0. The van der Waals surface area contributed by atoms with Crippen molar-refractivity contribution in [3.05, 3.63) is 53.6 Å². The van der Waals surface area contributed by atoms with Crippen LogP contribution in [-0.4, -0.2) is 57.2 Å². The second kappa shape index (κ2) is 8.88. The summed E-state index contributed by atoms with van der Waals surface area (Å²) in [5.41, 5.74) is 1.45. The van der Waals surface area contributed by atoms with E-state index in [9.17, 15) is 9.59 Å². The van der Waals surface area contributed by atoms with E-state index < -0.39 is 0 Å². The van der Waals surface area contributed by atoms with E-state index in [1.807, 2.05) is 18.2 Å². The van der Waals surface area contributed by atoms with E-state index in [-0.39, 0.29) is 29.7 Å². The molecule has 2 atom stereocenters. The summed E-state index contributed by atoms with van der Waals surface area (Å²) in [4.78, 5) is 28.1. The Hall–Kier alpha value is -3.22. The summed E-state index contributed by atoms with van der Waals surface area (Å²) in [5.74, 6) is 1.32. The molecule has 1 aliphatic carbocycles. The molecule has 164 valence electrons. The van der Waals surface area contributed by atoms with Crippen molar-refractivity contribution in [1.82, 2.24) is 10.2 Å². The second-order valence-corrected chi connectivity index (χ2v) is 8.05. The Kier molecular flexibility index (Phi) is 6.02. The minimum Gasteiger partial charge on any atom is -0.497 e. The first-order valence-corrected chi connectivity index (χ1v) is 10.5. The number of ether oxygens (including phenoxy) is 3. The summed E-state index contributed by atoms with van der Waals surface area (Å²) < 4.78 is 16.2. The van der Waals surface area contributed by atoms with Crippen LogP contribution in [0.2, 0.25) is 0 Å². The molecule has 2 aromatic carbocycles. The molecule has 1 saturated heterocycles. The molecule has 2 amide bonds. The highest BCUT2D eigenvalue weighted by Crippen LogP contribution is 2.40. The van der Waals surface area contributed by atoms with Crippen LogP contribution in [0.25, 0.3) is 0 Å². The van der Waals surface area contributed by atoms with Crippen molar-refractivity contribution >= 4 is 11.8 Å². The average Bonchev–Trinajstić information content (AvgIpc) is 3.51. The minimum atomic E-state index is -0.350. The maximum absolute atomic E-state index is 13.2. The highest BCUT2D eigenvalue weighted by molar-refractivity contribution is 5.95. The van der Waals surface area contributed by atoms with Crippen molar-refractivity contribution in [2.24, 2.45) is 5.92 Å². The van der Waals surface area contributed by atoms with Gasteiger partial charge in [0.25, 0.3) is 5.91 Å². The minimum absolute atomic E-state index is 0.00804. The molecule has 7 nitrogen and oxygen atoms in total. The number of rotatable bonds is 7. The third-order valence-electron chi connectivity index (χ3n) is 6.02. The lowest BCUT2D eigenvalue weighted by molar-refractivity contribution is -0.125. The maximum Gasteiger partial charge on any atom is 0.254 e. The van der Waals surface area contributed by atoms with Crippen LogP contribution in [-0.2, 0) is 4.79 Å². The predicted molar refractivity (Wildman–Crippen MR) is 116 cm³/mol. The van der Waals surface area contributed by atoms with Crippen LogP contribution >= 0.6 is 0 Å². The van der Waals surface area contributed by atoms with E-state index in [1.54, 1.807) is 50.5 Å². The molecule has 0 bridgehead atoms. The summed E-state index contributed by atoms with van der Waals surface area (Å²) >= 11 is 0. The third-order valence-corrected chi connectivity index (χ3v) is 6.02. The van der Waals surface area contributed by atoms with Crippen LogP contribution in [0, 0.1) is 5.92 Å². The number of nitrogens with one attached hydrogen (secondary N) is 1. The van der Waals surface area contributed by atoms with Gasteiger partial charge in [-0.25, -0.2) is 0 Å². The van der Waals surface area contributed by atoms with E-state index in [0.29, 0.717) is 35.9 Å². The molecule has 1 heterocycles. The summed E-state index contributed by atoms with van der Waals surface area (Å²) in [6.45, 7) is 0.788. The van der Waals surface area contributed by atoms with Gasteiger partial charge in [-0.15, -0.1) is 0 Å². The lowest BCUT2D eigenvalue weighted by Gasteiger charge is -2.21. The monoisotopic (exact) mass is 424 g/mol. The zero-order valence-electron chi connectivity index (χ0n) is 18.1. The molecule has 1 aliphatic heterocycles. The Morgan fingerprint density at radius 3 is 2.35 bits per heavy atom. The van der Waals surface area contributed by atoms with E-state index in [0.717, 1.165) is 18.4 Å². The summed E-state index contributed by atoms with van der Waals surface area (Å²) in [7, 11) is 4.78. The van der Waals surface area contributed by atoms with Crippen molar-refractivity contribution < 1.29 is 23.8 Å². The summed E-state index contributed by atoms with van der Waals surface area (Å²) in [5, 5.41) is 3.11. The van der Waals surface area contributed by atoms with Gasteiger partial charge in [0, 0.05) is 42.2 Å². The Morgan fingerprint density at radius 2 is 1.68 bits per heavy atom. The number of hydrogen-bond donors (Lipinski definition) is 1. The van der Waals surface area contributed by atoms with E-state index in [2.05, 4.69) is 5.32 Å². The number of nitrogens with zero attached hydrogens (tertiary/aromatic N) is 1. The molecule has 0 spiro atoms. The first-order chi connectivity index (χ1) is 15.0. The molecule has 4 rings (SSSR count). The number of hydrogen-bond acceptors (Lipinski definition) is 5. The quantitative estimate of drug-likeness (QED) is 0.740. The summed E-state index contributed by atoms with van der Waals surface area (Å²) in [6.07, 6.45) is 2.03. The Labute approximate surface area is 182 Å². The smallest absolute Gasteiger partial charge is 0.254 e. The van der Waals surface area contributed by atoms with Crippen LogP contribution in [0.3, 0.4) is 0 Å². The SMILES string of the molecule is COc1cccc(C(=O)N2C[C@H](c3ccc(OC)cc3OC)[C@H](C(=O)NC3CC3)C2)c1. The summed E-state index contributed by atoms with van der Waals surface area (Å²) in [6, 6.07) is 13.0. The average molecular weight is 424 g/mol. The Morgan fingerprint density at radius 1 is 0.935 bits per heavy atom. The van der Waals surface area contributed by atoms with Crippen molar-refractivity contribution in [2.75, 3.05) is 34.4 Å². The third kappa shape index (κ3) is 4.45. The maximum atomic E-state index is 13.2. The number of benzene rings is 2. The van der Waals surface area contributed by atoms with Crippen molar-refractivity contribution in [1.29, 1.82) is 0 Å². The van der Waals surface area contributed by atoms with Gasteiger partial charge in [-0.1, -0.05) is 12.1 Å². The highest BCUT2D eigenvalue weighted by Gasteiger charge is 2.43. The molecule has 2 fully saturated rings. The fraction of sp³-hybridized carbons (Fsp3) is 0.417. The Balaban J connectivity index is 1.63. The molecule has 7 heteroatoms. The molecular weight excluding hydrogens is 396 g/mol. The van der Waals surface area contributed by atoms with E-state index in [4.69, 9.17) is 14.2 Å². The van der Waals surface area contributed by atoms with Crippen LogP contribution in [0.5, 0.6) is 17.2 Å². The van der Waals surface area contributed by atoms with Gasteiger partial charge < -0.3 is 24.4 Å². The van der Waals surface area contributed by atoms with Gasteiger partial charge in [0.15, 0.2) is 0 Å². The lowest BCUT2D eigenvalue weighted by atomic mass is 9.87. The van der Waals surface area contributed by atoms with E-state index in [1.165, 1.54) is 0 Å².